The molecule has 0 amide bonds. The van der Waals surface area contributed by atoms with Gasteiger partial charge in [-0.05, 0) is 78.5 Å². The number of aromatic nitrogens is 2. The molecule has 0 radical (unpaired) electrons. The van der Waals surface area contributed by atoms with E-state index in [1.165, 1.54) is 60.8 Å². The fourth-order valence-corrected chi connectivity index (χ4v) is 7.86. The third-order valence-electron chi connectivity index (χ3n) is 10.2. The molecule has 242 valence electrons. The monoisotopic (exact) mass is 660 g/mol. The second kappa shape index (κ2) is 12.5. The molecule has 52 heavy (non-hydrogen) atoms. The molecule has 0 spiro atoms. The largest absolute Gasteiger partial charge is 0.228 e. The van der Waals surface area contributed by atoms with Gasteiger partial charge in [-0.1, -0.05) is 182 Å². The van der Waals surface area contributed by atoms with Crippen molar-refractivity contribution in [2.75, 3.05) is 0 Å². The van der Waals surface area contributed by atoms with Crippen molar-refractivity contribution in [2.24, 2.45) is 0 Å². The molecule has 0 N–H and O–H groups in total. The minimum Gasteiger partial charge on any atom is -0.228 e. The zero-order chi connectivity index (χ0) is 34.4. The van der Waals surface area contributed by atoms with Crippen LogP contribution in [0.4, 0.5) is 0 Å². The maximum atomic E-state index is 5.10. The number of rotatable bonds is 6. The maximum Gasteiger partial charge on any atom is 0.160 e. The van der Waals surface area contributed by atoms with Crippen molar-refractivity contribution < 1.29 is 0 Å². The summed E-state index contributed by atoms with van der Waals surface area (Å²) in [5.41, 5.74) is 17.4. The van der Waals surface area contributed by atoms with E-state index in [1.807, 2.05) is 24.3 Å². The molecular weight excluding hydrogens is 629 g/mol. The fraction of sp³-hybridized carbons (Fsp3) is 0. The Morgan fingerprint density at radius 1 is 0.269 bits per heavy atom. The van der Waals surface area contributed by atoms with Crippen molar-refractivity contribution in [1.82, 2.24) is 9.97 Å². The quantitative estimate of drug-likeness (QED) is 0.177. The van der Waals surface area contributed by atoms with Crippen LogP contribution in [-0.2, 0) is 0 Å². The summed E-state index contributed by atoms with van der Waals surface area (Å²) >= 11 is 0. The molecule has 2 nitrogen and oxygen atoms in total. The molecule has 0 atom stereocenters. The number of fused-ring (bicyclic) bond motifs is 3. The number of nitrogens with zero attached hydrogens (tertiary/aromatic N) is 2. The first-order valence-corrected chi connectivity index (χ1v) is 17.8. The lowest BCUT2D eigenvalue weighted by atomic mass is 9.82. The average molecular weight is 661 g/mol. The Bertz CT molecular complexity index is 2670. The van der Waals surface area contributed by atoms with Crippen molar-refractivity contribution in [3.05, 3.63) is 194 Å². The Balaban J connectivity index is 1.19. The van der Waals surface area contributed by atoms with Crippen LogP contribution in [0.2, 0.25) is 0 Å². The van der Waals surface area contributed by atoms with Crippen molar-refractivity contribution in [1.29, 1.82) is 0 Å². The third kappa shape index (κ3) is 5.04. The normalized spacial score (nSPS) is 11.5. The van der Waals surface area contributed by atoms with Gasteiger partial charge in [0.2, 0.25) is 0 Å². The van der Waals surface area contributed by atoms with Gasteiger partial charge in [-0.15, -0.1) is 0 Å². The highest BCUT2D eigenvalue weighted by Crippen LogP contribution is 2.57. The molecule has 0 aliphatic heterocycles. The third-order valence-corrected chi connectivity index (χ3v) is 10.2. The van der Waals surface area contributed by atoms with Crippen LogP contribution in [0.1, 0.15) is 0 Å². The van der Waals surface area contributed by atoms with E-state index in [1.54, 1.807) is 0 Å². The van der Waals surface area contributed by atoms with E-state index < -0.39 is 0 Å². The van der Waals surface area contributed by atoms with Crippen LogP contribution in [-0.4, -0.2) is 9.97 Å². The Morgan fingerprint density at radius 2 is 0.712 bits per heavy atom. The van der Waals surface area contributed by atoms with Crippen molar-refractivity contribution in [2.45, 2.75) is 0 Å². The topological polar surface area (TPSA) is 25.8 Å². The summed E-state index contributed by atoms with van der Waals surface area (Å²) in [6.07, 6.45) is 0. The summed E-state index contributed by atoms with van der Waals surface area (Å²) in [4.78, 5) is 10.1. The van der Waals surface area contributed by atoms with Crippen LogP contribution in [0.3, 0.4) is 0 Å². The van der Waals surface area contributed by atoms with E-state index >= 15 is 0 Å². The van der Waals surface area contributed by atoms with Crippen molar-refractivity contribution in [3.8, 4) is 89.5 Å². The maximum absolute atomic E-state index is 5.10. The van der Waals surface area contributed by atoms with Crippen LogP contribution in [0.25, 0.3) is 100 Å². The van der Waals surface area contributed by atoms with Crippen LogP contribution in [0.5, 0.6) is 0 Å². The van der Waals surface area contributed by atoms with Gasteiger partial charge < -0.3 is 0 Å². The molecule has 8 aromatic carbocycles. The van der Waals surface area contributed by atoms with Crippen LogP contribution >= 0.6 is 0 Å². The highest BCUT2D eigenvalue weighted by molar-refractivity contribution is 6.22. The lowest BCUT2D eigenvalue weighted by Crippen LogP contribution is -1.96. The van der Waals surface area contributed by atoms with E-state index in [0.717, 1.165) is 33.6 Å². The Kier molecular flexibility index (Phi) is 7.18. The highest BCUT2D eigenvalue weighted by Gasteiger charge is 2.30. The van der Waals surface area contributed by atoms with E-state index in [-0.39, 0.29) is 0 Å². The van der Waals surface area contributed by atoms with Gasteiger partial charge in [0.05, 0.1) is 11.4 Å². The minimum absolute atomic E-state index is 0.715. The van der Waals surface area contributed by atoms with E-state index in [9.17, 15) is 0 Å². The molecule has 2 heteroatoms. The van der Waals surface area contributed by atoms with Crippen LogP contribution in [0.15, 0.2) is 194 Å². The Morgan fingerprint density at radius 3 is 1.31 bits per heavy atom. The summed E-state index contributed by atoms with van der Waals surface area (Å²) in [6.45, 7) is 0. The van der Waals surface area contributed by atoms with Gasteiger partial charge in [0.15, 0.2) is 5.82 Å². The molecule has 0 saturated heterocycles. The average Bonchev–Trinajstić information content (AvgIpc) is 3.57. The summed E-state index contributed by atoms with van der Waals surface area (Å²) in [5, 5.41) is 2.60. The van der Waals surface area contributed by atoms with E-state index in [2.05, 4.69) is 170 Å². The van der Waals surface area contributed by atoms with Gasteiger partial charge in [-0.25, -0.2) is 9.97 Å². The Labute approximate surface area is 303 Å². The second-order valence-electron chi connectivity index (χ2n) is 13.3. The lowest BCUT2D eigenvalue weighted by Gasteiger charge is -2.21. The summed E-state index contributed by atoms with van der Waals surface area (Å²) in [7, 11) is 0. The van der Waals surface area contributed by atoms with Gasteiger partial charge in [-0.3, -0.25) is 0 Å². The smallest absolute Gasteiger partial charge is 0.160 e. The Hall–Kier alpha value is -6.90. The molecule has 0 unspecified atom stereocenters. The summed E-state index contributed by atoms with van der Waals surface area (Å²) in [5.74, 6) is 0.715. The summed E-state index contributed by atoms with van der Waals surface area (Å²) in [6, 6.07) is 69.2. The first-order valence-electron chi connectivity index (χ1n) is 17.8. The zero-order valence-electron chi connectivity index (χ0n) is 28.4. The molecule has 0 bridgehead atoms. The first-order chi connectivity index (χ1) is 25.8. The van der Waals surface area contributed by atoms with Gasteiger partial charge in [0.25, 0.3) is 0 Å². The molecule has 9 aromatic rings. The number of benzene rings is 8. The van der Waals surface area contributed by atoms with E-state index in [4.69, 9.17) is 9.97 Å². The molecular formula is C50H32N2. The predicted molar refractivity (Wildman–Crippen MR) is 217 cm³/mol. The molecule has 10 rings (SSSR count). The van der Waals surface area contributed by atoms with Gasteiger partial charge in [0.1, 0.15) is 0 Å². The number of hydrogen-bond donors (Lipinski definition) is 0. The fourth-order valence-electron chi connectivity index (χ4n) is 7.86. The molecule has 0 saturated carbocycles. The zero-order valence-corrected chi connectivity index (χ0v) is 28.4. The molecule has 1 aliphatic carbocycles. The van der Waals surface area contributed by atoms with Gasteiger partial charge >= 0.3 is 0 Å². The molecule has 1 heterocycles. The van der Waals surface area contributed by atoms with Gasteiger partial charge in [-0.2, -0.15) is 0 Å². The van der Waals surface area contributed by atoms with Crippen molar-refractivity contribution >= 4 is 10.8 Å². The van der Waals surface area contributed by atoms with Crippen molar-refractivity contribution in [3.63, 3.8) is 0 Å². The molecule has 1 aromatic heterocycles. The highest BCUT2D eigenvalue weighted by atomic mass is 14.9. The summed E-state index contributed by atoms with van der Waals surface area (Å²) < 4.78 is 0. The predicted octanol–water partition coefficient (Wildman–Crippen LogP) is 13.3. The number of hydrogen-bond acceptors (Lipinski definition) is 2. The minimum atomic E-state index is 0.715. The van der Waals surface area contributed by atoms with Crippen LogP contribution in [0, 0.1) is 0 Å². The lowest BCUT2D eigenvalue weighted by molar-refractivity contribution is 1.18. The van der Waals surface area contributed by atoms with Crippen LogP contribution < -0.4 is 0 Å². The standard InChI is InChI=1S/C50H32N2/c1-5-15-33(16-6-1)43-31-42(47(38-19-9-3-10-20-38)49-41-26-14-24-37-23-13-25-40(46(37)41)48(43)49)34-27-29-36(30-28-34)45-32-44(35-17-7-2-8-18-35)51-50(52-45)39-21-11-4-12-22-39/h1-32H. The SMILES string of the molecule is c1ccc(-c2cc(-c3ccc(-c4cc(-c5ccccc5)c5c(c4-c4ccccc4)-c4cccc6cccc-5c46)cc3)nc(-c3ccccc3)n2)cc1. The first kappa shape index (κ1) is 30.0. The molecule has 1 aliphatic rings. The molecule has 0 fully saturated rings. The van der Waals surface area contributed by atoms with Gasteiger partial charge in [0, 0.05) is 16.7 Å². The second-order valence-corrected chi connectivity index (χ2v) is 13.3. The van der Waals surface area contributed by atoms with E-state index in [0.29, 0.717) is 5.82 Å².